The van der Waals surface area contributed by atoms with Crippen LogP contribution in [0, 0.1) is 5.92 Å². The second kappa shape index (κ2) is 11.1. The van der Waals surface area contributed by atoms with Crippen molar-refractivity contribution in [3.63, 3.8) is 0 Å². The number of hydrogen-bond acceptors (Lipinski definition) is 6. The molecule has 3 aromatic rings. The summed E-state index contributed by atoms with van der Waals surface area (Å²) in [6, 6.07) is 4.83. The molecule has 1 aliphatic rings. The highest BCUT2D eigenvalue weighted by Crippen LogP contribution is 2.33. The fraction of sp³-hybridized carbons (Fsp3) is 0.538. The molecule has 1 saturated heterocycles. The van der Waals surface area contributed by atoms with Gasteiger partial charge in [0.25, 0.3) is 5.56 Å². The molecule has 0 radical (unpaired) electrons. The van der Waals surface area contributed by atoms with Gasteiger partial charge in [-0.05, 0) is 68.3 Å². The smallest absolute Gasteiger partial charge is 0.275 e. The molecule has 3 N–H and O–H groups in total. The molecule has 36 heavy (non-hydrogen) atoms. The van der Waals surface area contributed by atoms with Crippen molar-refractivity contribution >= 4 is 21.1 Å². The molecule has 4 rings (SSSR count). The van der Waals surface area contributed by atoms with E-state index in [4.69, 9.17) is 15.5 Å². The molecule has 1 fully saturated rings. The number of aromatic amines is 1. The van der Waals surface area contributed by atoms with Gasteiger partial charge < -0.3 is 20.0 Å². The molecular formula is C26H37N5O4S. The molecule has 196 valence electrons. The number of fused-ring (bicyclic) bond motifs is 1. The fourth-order valence-corrected chi connectivity index (χ4v) is 6.47. The Bertz CT molecular complexity index is 1370. The first-order valence-corrected chi connectivity index (χ1v) is 14.3. The van der Waals surface area contributed by atoms with Crippen LogP contribution in [0.4, 0.5) is 0 Å². The van der Waals surface area contributed by atoms with Crippen LogP contribution in [-0.2, 0) is 23.5 Å². The van der Waals surface area contributed by atoms with Crippen LogP contribution in [0.1, 0.15) is 51.5 Å². The van der Waals surface area contributed by atoms with Gasteiger partial charge in [0.15, 0.2) is 0 Å². The number of ether oxygens (including phenoxy) is 1. The Labute approximate surface area is 212 Å². The monoisotopic (exact) mass is 515 g/mol. The maximum absolute atomic E-state index is 13.5. The van der Waals surface area contributed by atoms with E-state index < -0.39 is 10.0 Å². The normalized spacial score (nSPS) is 15.6. The third-order valence-corrected chi connectivity index (χ3v) is 8.77. The highest BCUT2D eigenvalue weighted by atomic mass is 32.2. The molecule has 0 bridgehead atoms. The topological polar surface area (TPSA) is 123 Å². The average Bonchev–Trinajstić information content (AvgIpc) is 3.18. The van der Waals surface area contributed by atoms with E-state index in [2.05, 4.69) is 11.9 Å². The number of aromatic nitrogens is 3. The van der Waals surface area contributed by atoms with Crippen LogP contribution in [0.2, 0.25) is 0 Å². The molecular weight excluding hydrogens is 478 g/mol. The summed E-state index contributed by atoms with van der Waals surface area (Å²) in [4.78, 5) is 20.9. The lowest BCUT2D eigenvalue weighted by Gasteiger charge is -2.31. The molecule has 3 heterocycles. The lowest BCUT2D eigenvalue weighted by molar-refractivity contribution is 0.266. The van der Waals surface area contributed by atoms with Crippen LogP contribution in [0.25, 0.3) is 22.4 Å². The Morgan fingerprint density at radius 1 is 1.19 bits per heavy atom. The number of hydrogen-bond donors (Lipinski definition) is 2. The summed E-state index contributed by atoms with van der Waals surface area (Å²) >= 11 is 0. The number of nitrogens with zero attached hydrogens (tertiary/aromatic N) is 3. The van der Waals surface area contributed by atoms with Crippen LogP contribution >= 0.6 is 0 Å². The maximum Gasteiger partial charge on any atom is 0.275 e. The molecule has 10 heteroatoms. The molecule has 0 amide bonds. The van der Waals surface area contributed by atoms with Gasteiger partial charge in [-0.15, -0.1) is 0 Å². The summed E-state index contributed by atoms with van der Waals surface area (Å²) in [6.07, 6.45) is 6.97. The van der Waals surface area contributed by atoms with Gasteiger partial charge in [-0.2, -0.15) is 4.31 Å². The van der Waals surface area contributed by atoms with Gasteiger partial charge in [0.1, 0.15) is 17.1 Å². The van der Waals surface area contributed by atoms with Gasteiger partial charge in [0.2, 0.25) is 10.0 Å². The highest BCUT2D eigenvalue weighted by Gasteiger charge is 2.30. The van der Waals surface area contributed by atoms with Crippen molar-refractivity contribution in [1.29, 1.82) is 0 Å². The second-order valence-electron chi connectivity index (χ2n) is 9.56. The molecule has 0 unspecified atom stereocenters. The van der Waals surface area contributed by atoms with Crippen LogP contribution in [-0.4, -0.2) is 53.5 Å². The van der Waals surface area contributed by atoms with E-state index in [-0.39, 0.29) is 10.5 Å². The molecule has 0 aliphatic carbocycles. The van der Waals surface area contributed by atoms with E-state index in [1.807, 2.05) is 20.2 Å². The average molecular weight is 516 g/mol. The van der Waals surface area contributed by atoms with E-state index in [1.165, 1.54) is 0 Å². The lowest BCUT2D eigenvalue weighted by Crippen LogP contribution is -2.38. The maximum atomic E-state index is 13.5. The molecule has 1 aromatic carbocycles. The Morgan fingerprint density at radius 2 is 1.94 bits per heavy atom. The third kappa shape index (κ3) is 5.21. The van der Waals surface area contributed by atoms with Gasteiger partial charge in [0.05, 0.1) is 22.6 Å². The zero-order chi connectivity index (χ0) is 25.9. The van der Waals surface area contributed by atoms with E-state index >= 15 is 0 Å². The lowest BCUT2D eigenvalue weighted by atomic mass is 9.95. The predicted molar refractivity (Wildman–Crippen MR) is 142 cm³/mol. The van der Waals surface area contributed by atoms with Crippen molar-refractivity contribution < 1.29 is 13.2 Å². The Morgan fingerprint density at radius 3 is 2.61 bits per heavy atom. The zero-order valence-corrected chi connectivity index (χ0v) is 22.2. The Balaban J connectivity index is 1.78. The van der Waals surface area contributed by atoms with Crippen molar-refractivity contribution in [2.45, 2.75) is 57.3 Å². The van der Waals surface area contributed by atoms with Gasteiger partial charge >= 0.3 is 0 Å². The third-order valence-electron chi connectivity index (χ3n) is 6.87. The Hall–Kier alpha value is -2.69. The minimum absolute atomic E-state index is 0.170. The van der Waals surface area contributed by atoms with Gasteiger partial charge in [-0.3, -0.25) is 4.79 Å². The quantitative estimate of drug-likeness (QED) is 0.426. The molecule has 0 spiro atoms. The fourth-order valence-electron chi connectivity index (χ4n) is 4.97. The van der Waals surface area contributed by atoms with E-state index in [0.29, 0.717) is 60.3 Å². The number of nitrogens with two attached hydrogens (primary N) is 1. The van der Waals surface area contributed by atoms with Crippen molar-refractivity contribution in [2.75, 3.05) is 26.2 Å². The predicted octanol–water partition coefficient (Wildman–Crippen LogP) is 3.42. The summed E-state index contributed by atoms with van der Waals surface area (Å²) < 4.78 is 36.4. The number of sulfonamides is 1. The van der Waals surface area contributed by atoms with Crippen LogP contribution in [0.5, 0.6) is 5.75 Å². The number of nitrogens with one attached hydrogen (secondary N) is 1. The van der Waals surface area contributed by atoms with Crippen molar-refractivity contribution in [2.24, 2.45) is 18.7 Å². The summed E-state index contributed by atoms with van der Waals surface area (Å²) in [5.41, 5.74) is 8.01. The summed E-state index contributed by atoms with van der Waals surface area (Å²) in [7, 11) is -1.88. The van der Waals surface area contributed by atoms with Crippen molar-refractivity contribution in [1.82, 2.24) is 18.8 Å². The van der Waals surface area contributed by atoms with Crippen LogP contribution < -0.4 is 16.0 Å². The Kier molecular flexibility index (Phi) is 8.17. The SMILES string of the molecule is CCCOc1ccc(S(=O)(=O)N2CCC(CCN)CC2)cc1-c1nc2c(CCC)cn(C)c2c(=O)[nH]1. The van der Waals surface area contributed by atoms with E-state index in [1.54, 1.807) is 27.1 Å². The minimum atomic E-state index is -3.71. The minimum Gasteiger partial charge on any atom is -0.493 e. The van der Waals surface area contributed by atoms with Gasteiger partial charge in [-0.1, -0.05) is 20.3 Å². The number of rotatable bonds is 10. The van der Waals surface area contributed by atoms with Crippen molar-refractivity contribution in [3.05, 3.63) is 40.3 Å². The van der Waals surface area contributed by atoms with Crippen LogP contribution in [0.15, 0.2) is 34.1 Å². The molecule has 1 aliphatic heterocycles. The summed E-state index contributed by atoms with van der Waals surface area (Å²) in [5, 5.41) is 0. The molecule has 9 nitrogen and oxygen atoms in total. The summed E-state index contributed by atoms with van der Waals surface area (Å²) in [5.74, 6) is 1.26. The number of H-pyrrole nitrogens is 1. The summed E-state index contributed by atoms with van der Waals surface area (Å²) in [6.45, 7) is 6.12. The van der Waals surface area contributed by atoms with E-state index in [9.17, 15) is 13.2 Å². The molecule has 2 aromatic heterocycles. The first kappa shape index (κ1) is 26.4. The van der Waals surface area contributed by atoms with Crippen molar-refractivity contribution in [3.8, 4) is 17.1 Å². The first-order valence-electron chi connectivity index (χ1n) is 12.9. The molecule has 0 saturated carbocycles. The number of aryl methyl sites for hydroxylation is 2. The largest absolute Gasteiger partial charge is 0.493 e. The highest BCUT2D eigenvalue weighted by molar-refractivity contribution is 7.89. The van der Waals surface area contributed by atoms with Crippen LogP contribution in [0.3, 0.4) is 0 Å². The number of piperidine rings is 1. The van der Waals surface area contributed by atoms with Gasteiger partial charge in [0, 0.05) is 26.3 Å². The van der Waals surface area contributed by atoms with Gasteiger partial charge in [-0.25, -0.2) is 13.4 Å². The van der Waals surface area contributed by atoms with E-state index in [0.717, 1.165) is 44.1 Å². The first-order chi connectivity index (χ1) is 17.3. The zero-order valence-electron chi connectivity index (χ0n) is 21.4. The second-order valence-corrected chi connectivity index (χ2v) is 11.5. The standard InChI is InChI=1S/C26H37N5O4S/c1-4-6-19-17-30(3)24-23(19)28-25(29-26(24)32)21-16-20(7-8-22(21)35-15-5-2)36(33,34)31-13-10-18(9-12-27)11-14-31/h7-8,16-18H,4-6,9-15,27H2,1-3H3,(H,28,29,32). The number of benzene rings is 1. The molecule has 0 atom stereocenters.